The van der Waals surface area contributed by atoms with Gasteiger partial charge < -0.3 is 5.73 Å². The maximum Gasteiger partial charge on any atom is 0.249 e. The molecule has 1 aliphatic carbocycles. The largest absolute Gasteiger partial charge is 0.398 e. The number of nitrogens with two attached hydrogens (primary N) is 1. The van der Waals surface area contributed by atoms with Crippen molar-refractivity contribution in [2.45, 2.75) is 17.7 Å². The molecule has 0 aliphatic heterocycles. The molecule has 1 aliphatic rings. The number of hydrogen-bond donors (Lipinski definition) is 2. The number of aromatic nitrogens is 3. The van der Waals surface area contributed by atoms with Gasteiger partial charge in [0, 0.05) is 23.4 Å². The maximum absolute atomic E-state index is 11.9. The molecule has 0 unspecified atom stereocenters. The number of pyridine rings is 1. The van der Waals surface area contributed by atoms with E-state index in [-0.39, 0.29) is 22.7 Å². The van der Waals surface area contributed by atoms with E-state index in [0.717, 1.165) is 19.1 Å². The minimum absolute atomic E-state index is 0.0518. The summed E-state index contributed by atoms with van der Waals surface area (Å²) in [7, 11) is -3.36. The van der Waals surface area contributed by atoms with E-state index in [0.29, 0.717) is 22.6 Å². The molecule has 3 aromatic rings. The monoisotopic (exact) mass is 395 g/mol. The van der Waals surface area contributed by atoms with Crippen molar-refractivity contribution in [1.82, 2.24) is 14.6 Å². The molecule has 1 saturated carbocycles. The summed E-state index contributed by atoms with van der Waals surface area (Å²) < 4.78 is 25.0. The zero-order valence-electron chi connectivity index (χ0n) is 15.0. The number of benzene rings is 1. The highest BCUT2D eigenvalue weighted by molar-refractivity contribution is 7.90. The van der Waals surface area contributed by atoms with Gasteiger partial charge in [0.1, 0.15) is 5.69 Å². The van der Waals surface area contributed by atoms with Crippen LogP contribution in [0, 0.1) is 17.8 Å². The fraction of sp³-hybridized carbons (Fsp3) is 0.211. The lowest BCUT2D eigenvalue weighted by Crippen LogP contribution is -2.14. The lowest BCUT2D eigenvalue weighted by molar-refractivity contribution is -0.117. The number of sulfone groups is 1. The number of nitrogens with one attached hydrogen (secondary N) is 1. The molecule has 0 spiro atoms. The molecule has 142 valence electrons. The van der Waals surface area contributed by atoms with Gasteiger partial charge in [0.2, 0.25) is 11.9 Å². The van der Waals surface area contributed by atoms with Crippen LogP contribution in [0.25, 0.3) is 5.65 Å². The third-order valence-electron chi connectivity index (χ3n) is 4.32. The number of fused-ring (bicyclic) bond motifs is 1. The second-order valence-corrected chi connectivity index (χ2v) is 8.67. The summed E-state index contributed by atoms with van der Waals surface area (Å²) in [6, 6.07) is 9.68. The molecule has 3 N–H and O–H groups in total. The van der Waals surface area contributed by atoms with Crippen LogP contribution in [0.2, 0.25) is 0 Å². The van der Waals surface area contributed by atoms with Gasteiger partial charge in [-0.25, -0.2) is 12.9 Å². The van der Waals surface area contributed by atoms with Gasteiger partial charge >= 0.3 is 0 Å². The van der Waals surface area contributed by atoms with Gasteiger partial charge in [-0.3, -0.25) is 10.1 Å². The number of carbonyl (C=O) groups is 1. The maximum atomic E-state index is 11.9. The molecule has 28 heavy (non-hydrogen) atoms. The number of amides is 1. The van der Waals surface area contributed by atoms with E-state index < -0.39 is 9.84 Å². The van der Waals surface area contributed by atoms with Crippen LogP contribution in [0.15, 0.2) is 41.3 Å². The van der Waals surface area contributed by atoms with Crippen LogP contribution in [-0.4, -0.2) is 35.2 Å². The van der Waals surface area contributed by atoms with E-state index in [9.17, 15) is 13.2 Å². The Kier molecular flexibility index (Phi) is 4.28. The molecular weight excluding hydrogens is 378 g/mol. The molecule has 4 rings (SSSR count). The molecule has 2 aromatic heterocycles. The molecule has 1 amide bonds. The zero-order chi connectivity index (χ0) is 19.9. The predicted molar refractivity (Wildman–Crippen MR) is 104 cm³/mol. The van der Waals surface area contributed by atoms with E-state index in [1.807, 2.05) is 0 Å². The summed E-state index contributed by atoms with van der Waals surface area (Å²) in [6.07, 6.45) is 2.91. The summed E-state index contributed by atoms with van der Waals surface area (Å²) in [4.78, 5) is 16.3. The highest BCUT2D eigenvalue weighted by Gasteiger charge is 2.30. The Hall–Kier alpha value is -3.38. The Morgan fingerprint density at radius 2 is 2.04 bits per heavy atom. The molecule has 1 fully saturated rings. The molecule has 8 nitrogen and oxygen atoms in total. The number of nitrogen functional groups attached to an aromatic ring is 1. The Bertz CT molecular complexity index is 1260. The number of rotatable bonds is 3. The first-order valence-corrected chi connectivity index (χ1v) is 10.5. The van der Waals surface area contributed by atoms with Gasteiger partial charge in [-0.2, -0.15) is 4.98 Å². The second-order valence-electron chi connectivity index (χ2n) is 6.65. The van der Waals surface area contributed by atoms with E-state index in [4.69, 9.17) is 5.73 Å². The topological polar surface area (TPSA) is 119 Å². The molecule has 1 aromatic carbocycles. The van der Waals surface area contributed by atoms with Gasteiger partial charge in [0.15, 0.2) is 15.5 Å². The van der Waals surface area contributed by atoms with Crippen LogP contribution in [-0.2, 0) is 14.6 Å². The summed E-state index contributed by atoms with van der Waals surface area (Å²) in [5.41, 5.74) is 7.77. The number of hydrogen-bond acceptors (Lipinski definition) is 6. The van der Waals surface area contributed by atoms with Crippen molar-refractivity contribution in [3.8, 4) is 11.8 Å². The van der Waals surface area contributed by atoms with Crippen molar-refractivity contribution in [2.24, 2.45) is 5.92 Å². The third-order valence-corrected chi connectivity index (χ3v) is 5.43. The SMILES string of the molecule is CS(=O)(=O)c1ccc(N)c(C#Cc2cccc3nc(NC(=O)C4CC4)nn23)c1. The fourth-order valence-electron chi connectivity index (χ4n) is 2.62. The lowest BCUT2D eigenvalue weighted by atomic mass is 10.2. The normalized spacial score (nSPS) is 13.8. The summed E-state index contributed by atoms with van der Waals surface area (Å²) in [5.74, 6) is 6.05. The first-order valence-electron chi connectivity index (χ1n) is 8.59. The Balaban J connectivity index is 1.69. The number of nitrogens with zero attached hydrogens (tertiary/aromatic N) is 3. The summed E-state index contributed by atoms with van der Waals surface area (Å²) in [6.45, 7) is 0. The fourth-order valence-corrected chi connectivity index (χ4v) is 3.26. The van der Waals surface area contributed by atoms with Crippen molar-refractivity contribution in [1.29, 1.82) is 0 Å². The Labute approximate surface area is 161 Å². The minimum Gasteiger partial charge on any atom is -0.398 e. The molecule has 2 heterocycles. The highest BCUT2D eigenvalue weighted by Crippen LogP contribution is 2.29. The number of anilines is 2. The highest BCUT2D eigenvalue weighted by atomic mass is 32.2. The van der Waals surface area contributed by atoms with Crippen molar-refractivity contribution < 1.29 is 13.2 Å². The molecule has 9 heteroatoms. The van der Waals surface area contributed by atoms with Crippen LogP contribution in [0.3, 0.4) is 0 Å². The van der Waals surface area contributed by atoms with Gasteiger partial charge in [0.25, 0.3) is 0 Å². The molecular formula is C19H17N5O3S. The standard InChI is InChI=1S/C19H17N5O3S/c1-28(26,27)15-9-10-16(20)13(11-15)7-8-14-3-2-4-17-21-19(23-24(14)17)22-18(25)12-5-6-12/h2-4,9-12H,5-6,20H2,1H3,(H,22,23,25). The second kappa shape index (κ2) is 6.65. The van der Waals surface area contributed by atoms with Crippen LogP contribution < -0.4 is 11.1 Å². The predicted octanol–water partition coefficient (Wildman–Crippen LogP) is 1.46. The van der Waals surface area contributed by atoms with Crippen LogP contribution in [0.5, 0.6) is 0 Å². The first kappa shape index (κ1) is 18.0. The quantitative estimate of drug-likeness (QED) is 0.512. The number of carbonyl (C=O) groups excluding carboxylic acids is 1. The third kappa shape index (κ3) is 3.68. The molecule has 0 bridgehead atoms. The van der Waals surface area contributed by atoms with Gasteiger partial charge in [-0.1, -0.05) is 12.0 Å². The Morgan fingerprint density at radius 3 is 2.75 bits per heavy atom. The van der Waals surface area contributed by atoms with Crippen LogP contribution in [0.4, 0.5) is 11.6 Å². The zero-order valence-corrected chi connectivity index (χ0v) is 15.8. The van der Waals surface area contributed by atoms with E-state index in [1.165, 1.54) is 22.7 Å². The molecule has 0 atom stereocenters. The average Bonchev–Trinajstić information content (AvgIpc) is 3.40. The smallest absolute Gasteiger partial charge is 0.249 e. The van der Waals surface area contributed by atoms with Gasteiger partial charge in [0.05, 0.1) is 4.90 Å². The average molecular weight is 395 g/mol. The summed E-state index contributed by atoms with van der Waals surface area (Å²) in [5, 5.41) is 7.01. The minimum atomic E-state index is -3.36. The van der Waals surface area contributed by atoms with Crippen molar-refractivity contribution in [2.75, 3.05) is 17.3 Å². The van der Waals surface area contributed by atoms with Crippen LogP contribution in [0.1, 0.15) is 24.1 Å². The molecule has 0 saturated heterocycles. The van der Waals surface area contributed by atoms with Crippen molar-refractivity contribution in [3.63, 3.8) is 0 Å². The van der Waals surface area contributed by atoms with Crippen molar-refractivity contribution in [3.05, 3.63) is 47.7 Å². The van der Waals surface area contributed by atoms with E-state index in [1.54, 1.807) is 18.2 Å². The van der Waals surface area contributed by atoms with Crippen molar-refractivity contribution >= 4 is 33.0 Å². The van der Waals surface area contributed by atoms with Crippen LogP contribution >= 0.6 is 0 Å². The van der Waals surface area contributed by atoms with Gasteiger partial charge in [-0.05, 0) is 49.1 Å². The summed E-state index contributed by atoms with van der Waals surface area (Å²) >= 11 is 0. The van der Waals surface area contributed by atoms with E-state index in [2.05, 4.69) is 27.2 Å². The Morgan fingerprint density at radius 1 is 1.25 bits per heavy atom. The van der Waals surface area contributed by atoms with E-state index >= 15 is 0 Å². The van der Waals surface area contributed by atoms with Gasteiger partial charge in [-0.15, -0.1) is 5.10 Å². The lowest BCUT2D eigenvalue weighted by Gasteiger charge is -2.02. The molecule has 0 radical (unpaired) electrons. The first-order chi connectivity index (χ1) is 13.3.